The Hall–Kier alpha value is -2.13. The number of allylic oxidation sites excluding steroid dienone is 2. The molecule has 0 bridgehead atoms. The van der Waals surface area contributed by atoms with Gasteiger partial charge in [-0.25, -0.2) is 4.79 Å². The quantitative estimate of drug-likeness (QED) is 0.258. The van der Waals surface area contributed by atoms with Gasteiger partial charge >= 0.3 is 14.6 Å². The molecule has 0 aliphatic rings. The third-order valence-electron chi connectivity index (χ3n) is 4.65. The lowest BCUT2D eigenvalue weighted by atomic mass is 9.95. The van der Waals surface area contributed by atoms with Crippen LogP contribution in [-0.2, 0) is 15.8 Å². The first-order valence-electron chi connectivity index (χ1n) is 10.7. The third kappa shape index (κ3) is 9.62. The van der Waals surface area contributed by atoms with Crippen molar-refractivity contribution in [1.82, 2.24) is 4.57 Å². The Labute approximate surface area is 202 Å². The number of benzene rings is 1. The molecule has 10 heteroatoms. The molecular formula is C24H39N2O7P. The van der Waals surface area contributed by atoms with E-state index in [-0.39, 0.29) is 24.2 Å². The fourth-order valence-electron chi connectivity index (χ4n) is 3.04. The van der Waals surface area contributed by atoms with Gasteiger partial charge in [-0.1, -0.05) is 32.4 Å². The van der Waals surface area contributed by atoms with Crippen LogP contribution < -0.4 is 11.2 Å². The lowest BCUT2D eigenvalue weighted by Gasteiger charge is -2.23. The van der Waals surface area contributed by atoms with E-state index < -0.39 is 20.0 Å². The van der Waals surface area contributed by atoms with Crippen LogP contribution in [-0.4, -0.2) is 52.8 Å². The van der Waals surface area contributed by atoms with Crippen molar-refractivity contribution < 1.29 is 28.9 Å². The highest BCUT2D eigenvalue weighted by atomic mass is 31.2. The molecule has 5 N–H and O–H groups in total. The van der Waals surface area contributed by atoms with Crippen LogP contribution in [0, 0.1) is 5.41 Å². The molecule has 34 heavy (non-hydrogen) atoms. The number of aromatic nitrogens is 1. The highest BCUT2D eigenvalue weighted by molar-refractivity contribution is 7.39. The van der Waals surface area contributed by atoms with Crippen molar-refractivity contribution in [2.75, 3.05) is 27.4 Å². The molecule has 0 saturated heterocycles. The van der Waals surface area contributed by atoms with Gasteiger partial charge < -0.3 is 34.5 Å². The van der Waals surface area contributed by atoms with Crippen molar-refractivity contribution in [3.05, 3.63) is 51.3 Å². The minimum Gasteiger partial charge on any atom is -0.459 e. The number of pyridine rings is 1. The van der Waals surface area contributed by atoms with E-state index in [0.29, 0.717) is 11.9 Å². The van der Waals surface area contributed by atoms with E-state index in [1.165, 1.54) is 13.2 Å². The van der Waals surface area contributed by atoms with Crippen LogP contribution in [0.5, 0.6) is 0 Å². The van der Waals surface area contributed by atoms with E-state index in [9.17, 15) is 9.59 Å². The van der Waals surface area contributed by atoms with Crippen LogP contribution in [0.3, 0.4) is 0 Å². The lowest BCUT2D eigenvalue weighted by molar-refractivity contribution is 0.0438. The van der Waals surface area contributed by atoms with Crippen molar-refractivity contribution in [1.29, 1.82) is 0 Å². The van der Waals surface area contributed by atoms with Crippen LogP contribution in [0.4, 0.5) is 0 Å². The summed E-state index contributed by atoms with van der Waals surface area (Å²) in [4.78, 5) is 43.2. The molecule has 0 radical (unpaired) electrons. The summed E-state index contributed by atoms with van der Waals surface area (Å²) in [6.45, 7) is 12.5. The standard InChI is InChI=1S/C22H30NO6P.CH5N.CH4O/c1-14(2)15(3)16-7-8-19-17(11-16)20(24)18(12-23(19)13-22(4,5)6)21(25)28-9-10-29-30(26)27;2*1-2/h7-8,11-12,26-27H,9-10,13H2,1-6H3;2H2,1H3;2H,1H3. The van der Waals surface area contributed by atoms with Crippen molar-refractivity contribution in [2.24, 2.45) is 11.1 Å². The second-order valence-electron chi connectivity index (χ2n) is 8.64. The number of nitrogens with zero attached hydrogens (tertiary/aromatic N) is 1. The van der Waals surface area contributed by atoms with Gasteiger partial charge in [0.25, 0.3) is 0 Å². The van der Waals surface area contributed by atoms with Gasteiger partial charge in [-0.2, -0.15) is 0 Å². The Morgan fingerprint density at radius 3 is 2.18 bits per heavy atom. The van der Waals surface area contributed by atoms with Gasteiger partial charge in [0.05, 0.1) is 12.1 Å². The summed E-state index contributed by atoms with van der Waals surface area (Å²) < 4.78 is 11.6. The number of fused-ring (bicyclic) bond motifs is 1. The summed E-state index contributed by atoms with van der Waals surface area (Å²) in [5.74, 6) is -0.766. The molecule has 0 spiro atoms. The van der Waals surface area contributed by atoms with Crippen molar-refractivity contribution in [2.45, 2.75) is 48.1 Å². The maximum absolute atomic E-state index is 13.1. The first kappa shape index (κ1) is 31.9. The number of hydrogen-bond donors (Lipinski definition) is 4. The third-order valence-corrected chi connectivity index (χ3v) is 5.06. The van der Waals surface area contributed by atoms with Crippen molar-refractivity contribution in [3.63, 3.8) is 0 Å². The molecule has 0 fully saturated rings. The van der Waals surface area contributed by atoms with Gasteiger partial charge in [0, 0.05) is 25.2 Å². The number of hydrogen-bond acceptors (Lipinski definition) is 8. The van der Waals surface area contributed by atoms with E-state index >= 15 is 0 Å². The predicted molar refractivity (Wildman–Crippen MR) is 137 cm³/mol. The highest BCUT2D eigenvalue weighted by Crippen LogP contribution is 2.25. The summed E-state index contributed by atoms with van der Waals surface area (Å²) in [7, 11) is -0.0132. The minimum absolute atomic E-state index is 0.0611. The Bertz CT molecular complexity index is 1020. The Morgan fingerprint density at radius 1 is 1.09 bits per heavy atom. The van der Waals surface area contributed by atoms with E-state index in [1.807, 2.05) is 43.5 Å². The maximum atomic E-state index is 13.1. The number of esters is 1. The second kappa shape index (κ2) is 15.0. The average molecular weight is 499 g/mol. The van der Waals surface area contributed by atoms with Crippen LogP contribution in [0.15, 0.2) is 34.8 Å². The molecule has 0 aliphatic carbocycles. The second-order valence-corrected chi connectivity index (χ2v) is 9.40. The number of rotatable bonds is 7. The zero-order valence-electron chi connectivity index (χ0n) is 21.4. The summed E-state index contributed by atoms with van der Waals surface area (Å²) in [5.41, 5.74) is 7.88. The number of aliphatic hydroxyl groups is 1. The molecule has 192 valence electrons. The van der Waals surface area contributed by atoms with Crippen LogP contribution in [0.25, 0.3) is 16.5 Å². The summed E-state index contributed by atoms with van der Waals surface area (Å²) in [6.07, 6.45) is 1.54. The smallest absolute Gasteiger partial charge is 0.343 e. The molecule has 0 saturated carbocycles. The number of nitrogens with two attached hydrogens (primary N) is 1. The van der Waals surface area contributed by atoms with Gasteiger partial charge in [0.1, 0.15) is 12.2 Å². The largest absolute Gasteiger partial charge is 0.459 e. The van der Waals surface area contributed by atoms with E-state index in [4.69, 9.17) is 19.6 Å². The fourth-order valence-corrected chi connectivity index (χ4v) is 3.28. The lowest BCUT2D eigenvalue weighted by Crippen LogP contribution is -2.24. The molecule has 1 aromatic heterocycles. The van der Waals surface area contributed by atoms with Gasteiger partial charge in [-0.05, 0) is 56.5 Å². The normalized spacial score (nSPS) is 10.7. The van der Waals surface area contributed by atoms with Crippen molar-refractivity contribution >= 4 is 31.0 Å². The first-order chi connectivity index (χ1) is 15.9. The highest BCUT2D eigenvalue weighted by Gasteiger charge is 2.20. The Morgan fingerprint density at radius 2 is 1.68 bits per heavy atom. The fraction of sp³-hybridized carbons (Fsp3) is 0.500. The zero-order chi connectivity index (χ0) is 26.6. The zero-order valence-corrected chi connectivity index (χ0v) is 22.3. The monoisotopic (exact) mass is 498 g/mol. The van der Waals surface area contributed by atoms with Crippen molar-refractivity contribution in [3.8, 4) is 0 Å². The topological polar surface area (TPSA) is 144 Å². The summed E-state index contributed by atoms with van der Waals surface area (Å²) in [5, 5.41) is 7.46. The van der Waals surface area contributed by atoms with E-state index in [1.54, 1.807) is 0 Å². The molecule has 9 nitrogen and oxygen atoms in total. The number of carbonyl (C=O) groups excluding carboxylic acids is 1. The predicted octanol–water partition coefficient (Wildman–Crippen LogP) is 3.43. The molecule has 0 atom stereocenters. The molecular weight excluding hydrogens is 459 g/mol. The van der Waals surface area contributed by atoms with Gasteiger partial charge in [-0.3, -0.25) is 4.79 Å². The van der Waals surface area contributed by atoms with E-state index in [0.717, 1.165) is 29.3 Å². The minimum atomic E-state index is -2.51. The summed E-state index contributed by atoms with van der Waals surface area (Å²) >= 11 is 0. The molecule has 1 aromatic carbocycles. The average Bonchev–Trinajstić information content (AvgIpc) is 2.79. The molecule has 0 unspecified atom stereocenters. The number of aliphatic hydroxyl groups excluding tert-OH is 1. The van der Waals surface area contributed by atoms with E-state index in [2.05, 4.69) is 31.0 Å². The van der Waals surface area contributed by atoms with Crippen LogP contribution in [0.2, 0.25) is 0 Å². The maximum Gasteiger partial charge on any atom is 0.343 e. The number of carbonyl (C=O) groups is 1. The molecule has 1 heterocycles. The van der Waals surface area contributed by atoms with Gasteiger partial charge in [0.15, 0.2) is 0 Å². The van der Waals surface area contributed by atoms with Gasteiger partial charge in [-0.15, -0.1) is 0 Å². The molecule has 0 amide bonds. The van der Waals surface area contributed by atoms with Gasteiger partial charge in [0.2, 0.25) is 5.43 Å². The molecule has 0 aliphatic heterocycles. The molecule has 2 rings (SSSR count). The Kier molecular flexibility index (Phi) is 14.0. The Balaban J connectivity index is 0.00000258. The number of ether oxygens (including phenoxy) is 1. The van der Waals surface area contributed by atoms with Crippen LogP contribution in [0.1, 0.15) is 57.5 Å². The van der Waals surface area contributed by atoms with Crippen LogP contribution >= 0.6 is 8.60 Å². The molecule has 2 aromatic rings. The first-order valence-corrected chi connectivity index (χ1v) is 11.9. The SMILES string of the molecule is CC(C)=C(C)c1ccc2c(c1)c(=O)c(C(=O)OCCOP(O)O)cn2CC(C)(C)C.CN.CO. The summed E-state index contributed by atoms with van der Waals surface area (Å²) in [6, 6.07) is 5.72.